The fraction of sp³-hybridized carbons (Fsp3) is 0.600. The second kappa shape index (κ2) is 30.3. The van der Waals surface area contributed by atoms with Gasteiger partial charge in [0, 0.05) is 18.0 Å². The van der Waals surface area contributed by atoms with Crippen LogP contribution < -0.4 is 5.32 Å². The lowest BCUT2D eigenvalue weighted by atomic mass is 10.1. The fourth-order valence-corrected chi connectivity index (χ4v) is 3.85. The van der Waals surface area contributed by atoms with Crippen molar-refractivity contribution < 1.29 is 28.5 Å². The highest BCUT2D eigenvalue weighted by atomic mass is 32.1. The summed E-state index contributed by atoms with van der Waals surface area (Å²) in [5.41, 5.74) is 0.983. The first-order chi connectivity index (χ1) is 21.4. The minimum Gasteiger partial charge on any atom is -0.446 e. The van der Waals surface area contributed by atoms with Crippen LogP contribution in [0, 0.1) is 12.3 Å². The average Bonchev–Trinajstić information content (AvgIpc) is 3.02. The molecule has 0 aromatic heterocycles. The second-order valence-electron chi connectivity index (χ2n) is 9.92. The number of hydrogen-bond acceptors (Lipinski definition) is 7. The summed E-state index contributed by atoms with van der Waals surface area (Å²) in [6.07, 6.45) is 19.3. The SMILES string of the molecule is C#CCN(C/C=C/c1ccccc1S)C(=O)CCOCCOCCOCCNC(=O)OC(CCC)CC/C=C/C.CCCC. The molecule has 0 saturated carbocycles. The Bertz CT molecular complexity index is 961. The third-order valence-electron chi connectivity index (χ3n) is 6.19. The number of thiol groups is 1. The van der Waals surface area contributed by atoms with E-state index in [1.54, 1.807) is 4.90 Å². The summed E-state index contributed by atoms with van der Waals surface area (Å²) in [4.78, 5) is 26.9. The molecule has 44 heavy (non-hydrogen) atoms. The van der Waals surface area contributed by atoms with Gasteiger partial charge >= 0.3 is 6.09 Å². The Labute approximate surface area is 272 Å². The molecule has 1 atom stereocenters. The number of terminal acetylenes is 1. The Kier molecular flexibility index (Phi) is 28.4. The van der Waals surface area contributed by atoms with Gasteiger partial charge in [-0.25, -0.2) is 4.79 Å². The summed E-state index contributed by atoms with van der Waals surface area (Å²) in [7, 11) is 0. The van der Waals surface area contributed by atoms with Gasteiger partial charge in [0.25, 0.3) is 0 Å². The smallest absolute Gasteiger partial charge is 0.407 e. The van der Waals surface area contributed by atoms with Gasteiger partial charge < -0.3 is 29.2 Å². The van der Waals surface area contributed by atoms with E-state index >= 15 is 0 Å². The molecule has 1 aromatic rings. The molecule has 0 radical (unpaired) electrons. The molecule has 0 saturated heterocycles. The summed E-state index contributed by atoms with van der Waals surface area (Å²) in [5.74, 6) is 2.47. The Morgan fingerprint density at radius 1 is 0.955 bits per heavy atom. The first kappa shape index (κ1) is 41.2. The van der Waals surface area contributed by atoms with Crippen LogP contribution in [-0.2, 0) is 23.7 Å². The highest BCUT2D eigenvalue weighted by Gasteiger charge is 2.13. The maximum absolute atomic E-state index is 12.5. The topological polar surface area (TPSA) is 86.3 Å². The van der Waals surface area contributed by atoms with Crippen LogP contribution in [0.3, 0.4) is 0 Å². The zero-order valence-corrected chi connectivity index (χ0v) is 28.3. The van der Waals surface area contributed by atoms with Crippen molar-refractivity contribution in [3.8, 4) is 12.3 Å². The average molecular weight is 633 g/mol. The van der Waals surface area contributed by atoms with Gasteiger partial charge in [-0.15, -0.1) is 19.1 Å². The highest BCUT2D eigenvalue weighted by molar-refractivity contribution is 7.80. The number of nitrogens with zero attached hydrogens (tertiary/aromatic N) is 1. The summed E-state index contributed by atoms with van der Waals surface area (Å²) in [6, 6.07) is 7.73. The lowest BCUT2D eigenvalue weighted by Gasteiger charge is -2.18. The van der Waals surface area contributed by atoms with Gasteiger partial charge in [0.05, 0.1) is 52.6 Å². The third kappa shape index (κ3) is 23.7. The molecule has 8 nitrogen and oxygen atoms in total. The molecule has 248 valence electrons. The number of hydrogen-bond donors (Lipinski definition) is 2. The van der Waals surface area contributed by atoms with Gasteiger partial charge in [-0.2, -0.15) is 0 Å². The van der Waals surface area contributed by atoms with Crippen molar-refractivity contribution in [2.75, 3.05) is 59.3 Å². The number of ether oxygens (including phenoxy) is 4. The normalized spacial score (nSPS) is 11.5. The maximum Gasteiger partial charge on any atom is 0.407 e. The molecule has 1 N–H and O–H groups in total. The van der Waals surface area contributed by atoms with E-state index in [1.807, 2.05) is 49.4 Å². The largest absolute Gasteiger partial charge is 0.446 e. The van der Waals surface area contributed by atoms with Gasteiger partial charge in [-0.1, -0.05) is 88.5 Å². The quantitative estimate of drug-likeness (QED) is 0.0588. The van der Waals surface area contributed by atoms with Gasteiger partial charge in [0.1, 0.15) is 6.10 Å². The van der Waals surface area contributed by atoms with Gasteiger partial charge in [-0.05, 0) is 37.8 Å². The van der Waals surface area contributed by atoms with Crippen molar-refractivity contribution >= 4 is 30.7 Å². The number of amides is 2. The van der Waals surface area contributed by atoms with Crippen LogP contribution in [0.5, 0.6) is 0 Å². The van der Waals surface area contributed by atoms with Crippen LogP contribution in [0.4, 0.5) is 4.79 Å². The van der Waals surface area contributed by atoms with Crippen molar-refractivity contribution in [2.45, 2.75) is 83.6 Å². The van der Waals surface area contributed by atoms with Crippen LogP contribution in [-0.4, -0.2) is 82.3 Å². The minimum atomic E-state index is -0.410. The highest BCUT2D eigenvalue weighted by Crippen LogP contribution is 2.14. The number of benzene rings is 1. The van der Waals surface area contributed by atoms with E-state index in [4.69, 9.17) is 25.4 Å². The Morgan fingerprint density at radius 3 is 2.23 bits per heavy atom. The molecule has 0 aliphatic carbocycles. The van der Waals surface area contributed by atoms with Gasteiger partial charge in [0.15, 0.2) is 0 Å². The molecule has 1 rings (SSSR count). The zero-order chi connectivity index (χ0) is 32.7. The molecule has 1 unspecified atom stereocenters. The molecule has 0 aliphatic rings. The monoisotopic (exact) mass is 632 g/mol. The van der Waals surface area contributed by atoms with Crippen molar-refractivity contribution in [2.24, 2.45) is 0 Å². The molecule has 0 spiro atoms. The lowest BCUT2D eigenvalue weighted by molar-refractivity contribution is -0.131. The van der Waals surface area contributed by atoms with Crippen molar-refractivity contribution in [1.29, 1.82) is 0 Å². The molecule has 0 heterocycles. The number of nitrogens with one attached hydrogen (secondary N) is 1. The molecule has 0 bridgehead atoms. The number of carbonyl (C=O) groups is 2. The fourth-order valence-electron chi connectivity index (χ4n) is 3.61. The predicted octanol–water partition coefficient (Wildman–Crippen LogP) is 6.95. The number of carbonyl (C=O) groups excluding carboxylic acids is 2. The summed E-state index contributed by atoms with van der Waals surface area (Å²) < 4.78 is 22.0. The van der Waals surface area contributed by atoms with Crippen molar-refractivity contribution in [1.82, 2.24) is 10.2 Å². The molecular weight excluding hydrogens is 576 g/mol. The number of rotatable bonds is 23. The number of alkyl carbamates (subject to hydrolysis) is 1. The van der Waals surface area contributed by atoms with E-state index in [9.17, 15) is 9.59 Å². The van der Waals surface area contributed by atoms with Crippen molar-refractivity contribution in [3.63, 3.8) is 0 Å². The minimum absolute atomic E-state index is 0.0666. The second-order valence-corrected chi connectivity index (χ2v) is 10.4. The predicted molar refractivity (Wildman–Crippen MR) is 183 cm³/mol. The van der Waals surface area contributed by atoms with E-state index in [0.29, 0.717) is 52.7 Å². The first-order valence-corrected chi connectivity index (χ1v) is 16.3. The molecule has 0 fully saturated rings. The molecule has 0 aliphatic heterocycles. The van der Waals surface area contributed by atoms with E-state index in [2.05, 4.69) is 50.7 Å². The van der Waals surface area contributed by atoms with Crippen molar-refractivity contribution in [3.05, 3.63) is 48.1 Å². The Hall–Kier alpha value is -2.77. The number of allylic oxidation sites excluding steroid dienone is 2. The zero-order valence-electron chi connectivity index (χ0n) is 27.4. The van der Waals surface area contributed by atoms with E-state index < -0.39 is 6.09 Å². The Morgan fingerprint density at radius 2 is 1.61 bits per heavy atom. The van der Waals surface area contributed by atoms with Crippen LogP contribution in [0.2, 0.25) is 0 Å². The van der Waals surface area contributed by atoms with Gasteiger partial charge in [-0.3, -0.25) is 4.79 Å². The molecule has 2 amide bonds. The van der Waals surface area contributed by atoms with E-state index in [-0.39, 0.29) is 25.0 Å². The van der Waals surface area contributed by atoms with E-state index in [1.165, 1.54) is 12.8 Å². The molecular formula is C35H56N2O6S. The Balaban J connectivity index is 0.00000433. The van der Waals surface area contributed by atoms with E-state index in [0.717, 1.165) is 36.1 Å². The third-order valence-corrected chi connectivity index (χ3v) is 6.60. The standard InChI is InChI=1S/C31H46N2O6S.C4H10/c1-4-7-8-15-28(12-5-2)39-31(35)32-18-22-37-24-26-38-25-23-36-21-17-30(34)33(19-6-3)20-11-14-27-13-9-10-16-29(27)40;1-3-4-2/h3-4,7,9-11,13-14,16,28,40H,5,8,12,15,17-26H2,1-2H3,(H,32,35);3-4H2,1-2H3/b7-4+,14-11+;. The van der Waals surface area contributed by atoms with Crippen LogP contribution in [0.15, 0.2) is 47.4 Å². The van der Waals surface area contributed by atoms with Crippen LogP contribution in [0.1, 0.15) is 78.2 Å². The summed E-state index contributed by atoms with van der Waals surface area (Å²) >= 11 is 4.42. The van der Waals surface area contributed by atoms with Gasteiger partial charge in [0.2, 0.25) is 5.91 Å². The summed E-state index contributed by atoms with van der Waals surface area (Å²) in [6.45, 7) is 11.7. The summed E-state index contributed by atoms with van der Waals surface area (Å²) in [5, 5.41) is 2.72. The maximum atomic E-state index is 12.5. The van der Waals surface area contributed by atoms with Crippen LogP contribution >= 0.6 is 12.6 Å². The lowest BCUT2D eigenvalue weighted by Crippen LogP contribution is -2.32. The van der Waals surface area contributed by atoms with Crippen LogP contribution in [0.25, 0.3) is 6.08 Å². The first-order valence-electron chi connectivity index (χ1n) is 15.9. The molecule has 9 heteroatoms. The molecule has 1 aromatic carbocycles. The number of unbranched alkanes of at least 4 members (excludes halogenated alkanes) is 1.